The Balaban J connectivity index is 2.28. The van der Waals surface area contributed by atoms with E-state index in [4.69, 9.17) is 4.74 Å². The highest BCUT2D eigenvalue weighted by atomic mass is 16.5. The van der Waals surface area contributed by atoms with Crippen LogP contribution in [0.2, 0.25) is 0 Å². The number of ether oxygens (including phenoxy) is 1. The van der Waals surface area contributed by atoms with E-state index in [1.54, 1.807) is 0 Å². The van der Waals surface area contributed by atoms with E-state index in [1.807, 2.05) is 20.8 Å². The highest BCUT2D eigenvalue weighted by Gasteiger charge is 2.24. The average molecular weight is 242 g/mol. The second-order valence-corrected chi connectivity index (χ2v) is 6.10. The van der Waals surface area contributed by atoms with E-state index in [2.05, 4.69) is 24.5 Å². The molecular formula is C13H26N2O2. The molecule has 1 aliphatic rings. The summed E-state index contributed by atoms with van der Waals surface area (Å²) in [5.41, 5.74) is -0.158. The summed E-state index contributed by atoms with van der Waals surface area (Å²) in [4.78, 5) is 11.7. The van der Waals surface area contributed by atoms with Gasteiger partial charge >= 0.3 is 0 Å². The van der Waals surface area contributed by atoms with Crippen LogP contribution in [0.3, 0.4) is 0 Å². The van der Waals surface area contributed by atoms with Gasteiger partial charge in [0.1, 0.15) is 0 Å². The number of hydrogen-bond donors (Lipinski definition) is 2. The van der Waals surface area contributed by atoms with Crippen molar-refractivity contribution < 1.29 is 9.53 Å². The molecule has 0 aromatic carbocycles. The van der Waals surface area contributed by atoms with Crippen LogP contribution in [-0.4, -0.2) is 36.2 Å². The van der Waals surface area contributed by atoms with Crippen molar-refractivity contribution in [2.75, 3.05) is 6.54 Å². The van der Waals surface area contributed by atoms with E-state index in [0.717, 1.165) is 12.8 Å². The minimum absolute atomic E-state index is 0.0595. The number of carbonyl (C=O) groups is 1. The fourth-order valence-electron chi connectivity index (χ4n) is 2.27. The predicted molar refractivity (Wildman–Crippen MR) is 68.9 cm³/mol. The Labute approximate surface area is 104 Å². The van der Waals surface area contributed by atoms with Gasteiger partial charge < -0.3 is 15.4 Å². The Kier molecular flexibility index (Phi) is 4.95. The second kappa shape index (κ2) is 5.83. The summed E-state index contributed by atoms with van der Waals surface area (Å²) in [5.74, 6) is 0.0595. The Morgan fingerprint density at radius 2 is 1.76 bits per heavy atom. The number of carbonyl (C=O) groups excluding carboxylic acids is 1. The summed E-state index contributed by atoms with van der Waals surface area (Å²) in [6.45, 7) is 10.5. The topological polar surface area (TPSA) is 50.4 Å². The molecule has 1 fully saturated rings. The quantitative estimate of drug-likeness (QED) is 0.787. The molecule has 1 amide bonds. The minimum atomic E-state index is -0.158. The second-order valence-electron chi connectivity index (χ2n) is 6.10. The average Bonchev–Trinajstić information content (AvgIpc) is 2.10. The minimum Gasteiger partial charge on any atom is -0.375 e. The first-order chi connectivity index (χ1) is 7.76. The zero-order valence-electron chi connectivity index (χ0n) is 11.7. The summed E-state index contributed by atoms with van der Waals surface area (Å²) in [6.07, 6.45) is 2.52. The van der Waals surface area contributed by atoms with Crippen LogP contribution in [0.15, 0.2) is 0 Å². The normalized spacial score (nSPS) is 30.1. The van der Waals surface area contributed by atoms with Crippen molar-refractivity contribution in [2.45, 2.75) is 71.2 Å². The summed E-state index contributed by atoms with van der Waals surface area (Å²) in [7, 11) is 0. The molecular weight excluding hydrogens is 216 g/mol. The molecule has 0 aliphatic carbocycles. The van der Waals surface area contributed by atoms with Crippen molar-refractivity contribution in [1.82, 2.24) is 10.6 Å². The van der Waals surface area contributed by atoms with Crippen LogP contribution in [-0.2, 0) is 9.53 Å². The molecule has 0 aromatic rings. The summed E-state index contributed by atoms with van der Waals surface area (Å²) in [5, 5.41) is 6.26. The van der Waals surface area contributed by atoms with Crippen molar-refractivity contribution in [3.8, 4) is 0 Å². The molecule has 2 unspecified atom stereocenters. The lowest BCUT2D eigenvalue weighted by Crippen LogP contribution is -2.48. The first-order valence-electron chi connectivity index (χ1n) is 6.46. The number of hydrogen-bond acceptors (Lipinski definition) is 3. The molecule has 2 atom stereocenters. The van der Waals surface area contributed by atoms with Crippen molar-refractivity contribution in [3.63, 3.8) is 0 Å². The molecule has 0 aromatic heterocycles. The maximum absolute atomic E-state index is 11.7. The molecule has 0 radical (unpaired) electrons. The zero-order chi connectivity index (χ0) is 13.1. The number of rotatable bonds is 3. The van der Waals surface area contributed by atoms with Crippen LogP contribution >= 0.6 is 0 Å². The van der Waals surface area contributed by atoms with Gasteiger partial charge in [-0.1, -0.05) is 0 Å². The van der Waals surface area contributed by atoms with E-state index < -0.39 is 0 Å². The molecule has 1 saturated heterocycles. The maximum Gasteiger partial charge on any atom is 0.234 e. The van der Waals surface area contributed by atoms with Crippen molar-refractivity contribution >= 4 is 5.91 Å². The van der Waals surface area contributed by atoms with Gasteiger partial charge in [0.15, 0.2) is 0 Å². The molecule has 0 spiro atoms. The van der Waals surface area contributed by atoms with Gasteiger partial charge in [0, 0.05) is 11.6 Å². The lowest BCUT2D eigenvalue weighted by molar-refractivity contribution is -0.122. The molecule has 4 heteroatoms. The van der Waals surface area contributed by atoms with Crippen LogP contribution in [0.1, 0.15) is 47.5 Å². The van der Waals surface area contributed by atoms with E-state index >= 15 is 0 Å². The highest BCUT2D eigenvalue weighted by molar-refractivity contribution is 5.78. The van der Waals surface area contributed by atoms with Gasteiger partial charge in [-0.2, -0.15) is 0 Å². The van der Waals surface area contributed by atoms with Crippen LogP contribution in [0, 0.1) is 0 Å². The molecule has 100 valence electrons. The zero-order valence-corrected chi connectivity index (χ0v) is 11.7. The van der Waals surface area contributed by atoms with Crippen LogP contribution < -0.4 is 10.6 Å². The summed E-state index contributed by atoms with van der Waals surface area (Å²) in [6, 6.07) is 0.388. The van der Waals surface area contributed by atoms with E-state index in [1.165, 1.54) is 0 Å². The van der Waals surface area contributed by atoms with Crippen LogP contribution in [0.5, 0.6) is 0 Å². The number of nitrogens with one attached hydrogen (secondary N) is 2. The van der Waals surface area contributed by atoms with Gasteiger partial charge in [0.05, 0.1) is 18.8 Å². The fourth-order valence-corrected chi connectivity index (χ4v) is 2.27. The van der Waals surface area contributed by atoms with Gasteiger partial charge in [-0.15, -0.1) is 0 Å². The van der Waals surface area contributed by atoms with Crippen molar-refractivity contribution in [2.24, 2.45) is 0 Å². The Bertz CT molecular complexity index is 251. The maximum atomic E-state index is 11.7. The molecule has 0 saturated carbocycles. The smallest absolute Gasteiger partial charge is 0.234 e. The Morgan fingerprint density at radius 1 is 1.24 bits per heavy atom. The van der Waals surface area contributed by atoms with Gasteiger partial charge in [-0.25, -0.2) is 0 Å². The Hall–Kier alpha value is -0.610. The van der Waals surface area contributed by atoms with Gasteiger partial charge in [0.25, 0.3) is 0 Å². The summed E-state index contributed by atoms with van der Waals surface area (Å²) >= 11 is 0. The molecule has 17 heavy (non-hydrogen) atoms. The molecule has 0 bridgehead atoms. The predicted octanol–water partition coefficient (Wildman–Crippen LogP) is 1.45. The largest absolute Gasteiger partial charge is 0.375 e. The van der Waals surface area contributed by atoms with Gasteiger partial charge in [-0.05, 0) is 47.5 Å². The third-order valence-electron chi connectivity index (χ3n) is 2.76. The van der Waals surface area contributed by atoms with Crippen molar-refractivity contribution in [1.29, 1.82) is 0 Å². The molecule has 1 aliphatic heterocycles. The number of amides is 1. The monoisotopic (exact) mass is 242 g/mol. The Morgan fingerprint density at radius 3 is 2.24 bits per heavy atom. The fraction of sp³-hybridized carbons (Fsp3) is 0.923. The van der Waals surface area contributed by atoms with Crippen molar-refractivity contribution in [3.05, 3.63) is 0 Å². The van der Waals surface area contributed by atoms with Crippen LogP contribution in [0.25, 0.3) is 0 Å². The third kappa shape index (κ3) is 6.03. The lowest BCUT2D eigenvalue weighted by atomic mass is 10.00. The first-order valence-corrected chi connectivity index (χ1v) is 6.46. The summed E-state index contributed by atoms with van der Waals surface area (Å²) < 4.78 is 5.66. The van der Waals surface area contributed by atoms with E-state index in [9.17, 15) is 4.79 Å². The third-order valence-corrected chi connectivity index (χ3v) is 2.76. The van der Waals surface area contributed by atoms with Gasteiger partial charge in [0.2, 0.25) is 5.91 Å². The standard InChI is InChI=1S/C13H26N2O2/c1-9-6-11(7-10(2)17-9)14-8-12(16)15-13(3,4)5/h9-11,14H,6-8H2,1-5H3,(H,15,16). The molecule has 4 nitrogen and oxygen atoms in total. The molecule has 1 rings (SSSR count). The SMILES string of the molecule is CC1CC(NCC(=O)NC(C)(C)C)CC(C)O1. The molecule has 1 heterocycles. The molecule has 2 N–H and O–H groups in total. The highest BCUT2D eigenvalue weighted by Crippen LogP contribution is 2.18. The first kappa shape index (κ1) is 14.5. The lowest BCUT2D eigenvalue weighted by Gasteiger charge is -2.32. The van der Waals surface area contributed by atoms with E-state index in [0.29, 0.717) is 12.6 Å². The van der Waals surface area contributed by atoms with Crippen LogP contribution in [0.4, 0.5) is 0 Å². The van der Waals surface area contributed by atoms with Gasteiger partial charge in [-0.3, -0.25) is 4.79 Å². The van der Waals surface area contributed by atoms with E-state index in [-0.39, 0.29) is 23.7 Å².